The van der Waals surface area contributed by atoms with Crippen molar-refractivity contribution < 1.29 is 26.7 Å². The van der Waals surface area contributed by atoms with Crippen molar-refractivity contribution in [3.63, 3.8) is 0 Å². The number of hydrogen-bond donors (Lipinski definition) is 1. The van der Waals surface area contributed by atoms with Gasteiger partial charge in [0.15, 0.2) is 11.6 Å². The van der Waals surface area contributed by atoms with Gasteiger partial charge in [0.2, 0.25) is 0 Å². The van der Waals surface area contributed by atoms with Gasteiger partial charge in [-0.2, -0.15) is 0 Å². The first kappa shape index (κ1) is 17.0. The van der Waals surface area contributed by atoms with Crippen LogP contribution in [0.3, 0.4) is 0 Å². The lowest BCUT2D eigenvalue weighted by molar-refractivity contribution is -0.275. The van der Waals surface area contributed by atoms with Gasteiger partial charge in [-0.3, -0.25) is 9.29 Å². The molecule has 1 saturated heterocycles. The van der Waals surface area contributed by atoms with Crippen LogP contribution >= 0.6 is 0 Å². The summed E-state index contributed by atoms with van der Waals surface area (Å²) in [4.78, 5) is 2.00. The van der Waals surface area contributed by atoms with Gasteiger partial charge in [0.05, 0.1) is 6.67 Å². The van der Waals surface area contributed by atoms with Crippen molar-refractivity contribution in [2.75, 3.05) is 32.9 Å². The molecule has 0 unspecified atom stereocenters. The van der Waals surface area contributed by atoms with Crippen LogP contribution in [0.5, 0.6) is 5.75 Å². The monoisotopic (exact) mass is 324 g/mol. The molecular formula is C14H17F5N2O. The number of nitrogens with zero attached hydrogens (tertiary/aromatic N) is 1. The fourth-order valence-corrected chi connectivity index (χ4v) is 2.59. The fraction of sp³-hybridized carbons (Fsp3) is 0.571. The van der Waals surface area contributed by atoms with E-state index in [4.69, 9.17) is 0 Å². The molecule has 1 aliphatic heterocycles. The van der Waals surface area contributed by atoms with Crippen LogP contribution in [0.4, 0.5) is 22.0 Å². The Hall–Kier alpha value is -1.41. The Balaban J connectivity index is 2.19. The lowest BCUT2D eigenvalue weighted by Gasteiger charge is -2.35. The van der Waals surface area contributed by atoms with Gasteiger partial charge in [0, 0.05) is 32.2 Å². The zero-order valence-corrected chi connectivity index (χ0v) is 11.8. The maximum Gasteiger partial charge on any atom is 0.573 e. The molecule has 0 bridgehead atoms. The van der Waals surface area contributed by atoms with Crippen molar-refractivity contribution in [1.82, 2.24) is 10.2 Å². The third kappa shape index (κ3) is 4.54. The summed E-state index contributed by atoms with van der Waals surface area (Å²) in [6.07, 6.45) is -4.78. The molecule has 0 aliphatic carbocycles. The van der Waals surface area contributed by atoms with Crippen LogP contribution in [-0.4, -0.2) is 44.1 Å². The Labute approximate surface area is 125 Å². The largest absolute Gasteiger partial charge is 0.573 e. The second kappa shape index (κ2) is 7.23. The van der Waals surface area contributed by atoms with E-state index in [1.54, 1.807) is 0 Å². The highest BCUT2D eigenvalue weighted by molar-refractivity contribution is 5.31. The molecule has 8 heteroatoms. The Kier molecular flexibility index (Phi) is 5.57. The van der Waals surface area contributed by atoms with Gasteiger partial charge < -0.3 is 10.1 Å². The topological polar surface area (TPSA) is 24.5 Å². The summed E-state index contributed by atoms with van der Waals surface area (Å²) < 4.78 is 66.6. The van der Waals surface area contributed by atoms with E-state index in [2.05, 4.69) is 10.1 Å². The van der Waals surface area contributed by atoms with E-state index in [1.165, 1.54) is 6.07 Å². The molecule has 3 nitrogen and oxygen atoms in total. The number of hydrogen-bond acceptors (Lipinski definition) is 3. The molecule has 0 spiro atoms. The van der Waals surface area contributed by atoms with E-state index >= 15 is 0 Å². The molecule has 1 atom stereocenters. The predicted molar refractivity (Wildman–Crippen MR) is 70.9 cm³/mol. The number of benzene rings is 1. The number of alkyl halides is 4. The maximum absolute atomic E-state index is 13.8. The molecule has 1 aromatic rings. The highest BCUT2D eigenvalue weighted by Crippen LogP contribution is 2.31. The third-order valence-corrected chi connectivity index (χ3v) is 3.54. The Morgan fingerprint density at radius 3 is 2.45 bits per heavy atom. The molecule has 0 saturated carbocycles. The summed E-state index contributed by atoms with van der Waals surface area (Å²) in [5.74, 6) is -1.98. The predicted octanol–water partition coefficient (Wildman–Crippen LogP) is 3.03. The van der Waals surface area contributed by atoms with Gasteiger partial charge in [0.25, 0.3) is 0 Å². The van der Waals surface area contributed by atoms with Gasteiger partial charge in [-0.05, 0) is 24.1 Å². The van der Waals surface area contributed by atoms with E-state index in [0.29, 0.717) is 18.7 Å². The zero-order valence-electron chi connectivity index (χ0n) is 11.8. The molecule has 1 heterocycles. The molecule has 22 heavy (non-hydrogen) atoms. The molecule has 0 amide bonds. The average Bonchev–Trinajstić information content (AvgIpc) is 2.47. The van der Waals surface area contributed by atoms with Crippen LogP contribution in [0.1, 0.15) is 18.0 Å². The van der Waals surface area contributed by atoms with Crippen molar-refractivity contribution in [3.8, 4) is 5.75 Å². The standard InChI is InChI=1S/C14H17F5N2O/c15-4-3-12(21-7-5-20-6-8-21)10-1-2-13(11(16)9-10)22-14(17,18)19/h1-2,9,12,20H,3-8H2/t12-/m1/s1. The minimum absolute atomic E-state index is 0.166. The minimum atomic E-state index is -4.95. The zero-order chi connectivity index (χ0) is 16.2. The van der Waals surface area contributed by atoms with Crippen LogP contribution in [0.15, 0.2) is 18.2 Å². The van der Waals surface area contributed by atoms with Crippen LogP contribution in [0.2, 0.25) is 0 Å². The Morgan fingerprint density at radius 2 is 1.91 bits per heavy atom. The summed E-state index contributed by atoms with van der Waals surface area (Å²) in [6, 6.07) is 2.92. The number of rotatable bonds is 5. The van der Waals surface area contributed by atoms with E-state index in [0.717, 1.165) is 25.2 Å². The van der Waals surface area contributed by atoms with Crippen LogP contribution < -0.4 is 10.1 Å². The summed E-state index contributed by atoms with van der Waals surface area (Å²) in [5.41, 5.74) is 0.451. The van der Waals surface area contributed by atoms with Crippen LogP contribution in [0, 0.1) is 5.82 Å². The summed E-state index contributed by atoms with van der Waals surface area (Å²) in [7, 11) is 0. The highest BCUT2D eigenvalue weighted by atomic mass is 19.4. The normalized spacial score (nSPS) is 18.2. The van der Waals surface area contributed by atoms with E-state index in [1.807, 2.05) is 4.90 Å². The van der Waals surface area contributed by atoms with Crippen molar-refractivity contribution in [2.24, 2.45) is 0 Å². The molecule has 2 rings (SSSR count). The number of nitrogens with one attached hydrogen (secondary N) is 1. The number of piperazine rings is 1. The molecule has 1 aromatic carbocycles. The summed E-state index contributed by atoms with van der Waals surface area (Å²) >= 11 is 0. The van der Waals surface area contributed by atoms with Crippen LogP contribution in [0.25, 0.3) is 0 Å². The summed E-state index contributed by atoms with van der Waals surface area (Å²) in [6.45, 7) is 2.23. The van der Waals surface area contributed by atoms with E-state index < -0.39 is 24.6 Å². The van der Waals surface area contributed by atoms with Crippen molar-refractivity contribution in [2.45, 2.75) is 18.8 Å². The number of halogens is 5. The second-order valence-electron chi connectivity index (χ2n) is 5.02. The quantitative estimate of drug-likeness (QED) is 0.843. The SMILES string of the molecule is FCC[C@H](c1ccc(OC(F)(F)F)c(F)c1)N1CCNCC1. The smallest absolute Gasteiger partial charge is 0.403 e. The first-order valence-corrected chi connectivity index (χ1v) is 6.96. The van der Waals surface area contributed by atoms with Crippen molar-refractivity contribution >= 4 is 0 Å². The molecule has 0 radical (unpaired) electrons. The van der Waals surface area contributed by atoms with Crippen molar-refractivity contribution in [1.29, 1.82) is 0 Å². The van der Waals surface area contributed by atoms with Crippen molar-refractivity contribution in [3.05, 3.63) is 29.6 Å². The van der Waals surface area contributed by atoms with E-state index in [9.17, 15) is 22.0 Å². The fourth-order valence-electron chi connectivity index (χ4n) is 2.59. The van der Waals surface area contributed by atoms with Gasteiger partial charge >= 0.3 is 6.36 Å². The summed E-state index contributed by atoms with van der Waals surface area (Å²) in [5, 5.41) is 3.15. The van der Waals surface area contributed by atoms with Gasteiger partial charge in [-0.1, -0.05) is 6.07 Å². The van der Waals surface area contributed by atoms with Gasteiger partial charge in [0.1, 0.15) is 0 Å². The van der Waals surface area contributed by atoms with E-state index in [-0.39, 0.29) is 12.5 Å². The Morgan fingerprint density at radius 1 is 1.23 bits per heavy atom. The lowest BCUT2D eigenvalue weighted by Crippen LogP contribution is -2.45. The molecule has 124 valence electrons. The second-order valence-corrected chi connectivity index (χ2v) is 5.02. The molecule has 1 fully saturated rings. The van der Waals surface area contributed by atoms with Gasteiger partial charge in [-0.25, -0.2) is 4.39 Å². The minimum Gasteiger partial charge on any atom is -0.403 e. The molecular weight excluding hydrogens is 307 g/mol. The van der Waals surface area contributed by atoms with Crippen LogP contribution in [-0.2, 0) is 0 Å². The Bertz CT molecular complexity index is 489. The first-order valence-electron chi connectivity index (χ1n) is 6.96. The molecule has 1 N–H and O–H groups in total. The molecule has 0 aromatic heterocycles. The highest BCUT2D eigenvalue weighted by Gasteiger charge is 2.32. The van der Waals surface area contributed by atoms with Gasteiger partial charge in [-0.15, -0.1) is 13.2 Å². The maximum atomic E-state index is 13.8. The number of ether oxygens (including phenoxy) is 1. The average molecular weight is 324 g/mol. The first-order chi connectivity index (χ1) is 10.4. The third-order valence-electron chi connectivity index (χ3n) is 3.54. The molecule has 1 aliphatic rings. The lowest BCUT2D eigenvalue weighted by atomic mass is 10.0.